The number of hydrogen-bond acceptors (Lipinski definition) is 4. The largest absolute Gasteiger partial charge is 0.354 e. The highest BCUT2D eigenvalue weighted by molar-refractivity contribution is 8.00. The van der Waals surface area contributed by atoms with E-state index in [2.05, 4.69) is 4.40 Å². The first kappa shape index (κ1) is 21.1. The Morgan fingerprint density at radius 1 is 0.967 bits per heavy atom. The summed E-state index contributed by atoms with van der Waals surface area (Å²) in [4.78, 5) is 17.1. The lowest BCUT2D eigenvalue weighted by Gasteiger charge is -2.25. The molecule has 2 fully saturated rings. The fourth-order valence-corrected chi connectivity index (χ4v) is 6.32. The molecule has 7 heteroatoms. The van der Waals surface area contributed by atoms with Gasteiger partial charge in [-0.1, -0.05) is 31.0 Å². The van der Waals surface area contributed by atoms with E-state index in [1.807, 2.05) is 48.8 Å². The highest BCUT2D eigenvalue weighted by Crippen LogP contribution is 2.35. The topological polar surface area (TPSA) is 70.1 Å². The first-order valence-corrected chi connectivity index (χ1v) is 12.4. The molecule has 1 saturated heterocycles. The van der Waals surface area contributed by atoms with Crippen molar-refractivity contribution >= 4 is 26.7 Å². The third-order valence-corrected chi connectivity index (χ3v) is 8.19. The van der Waals surface area contributed by atoms with Crippen molar-refractivity contribution < 1.29 is 13.2 Å². The molecule has 0 radical (unpaired) electrons. The number of aryl methyl sites for hydroxylation is 2. The minimum atomic E-state index is -3.73. The van der Waals surface area contributed by atoms with E-state index in [0.717, 1.165) is 49.8 Å². The number of benzene rings is 1. The minimum Gasteiger partial charge on any atom is -0.354 e. The molecule has 3 aliphatic rings. The zero-order chi connectivity index (χ0) is 21.5. The summed E-state index contributed by atoms with van der Waals surface area (Å²) in [6, 6.07) is 5.74. The monoisotopic (exact) mass is 429 g/mol. The van der Waals surface area contributed by atoms with Crippen molar-refractivity contribution in [2.45, 2.75) is 52.9 Å². The number of sulfonamides is 1. The maximum atomic E-state index is 12.9. The van der Waals surface area contributed by atoms with Gasteiger partial charge in [-0.3, -0.25) is 4.79 Å². The molecule has 0 aromatic heterocycles. The van der Waals surface area contributed by atoms with Gasteiger partial charge >= 0.3 is 0 Å². The Morgan fingerprint density at radius 3 is 2.40 bits per heavy atom. The van der Waals surface area contributed by atoms with Crippen LogP contribution in [0.25, 0.3) is 4.91 Å². The quantitative estimate of drug-likeness (QED) is 0.721. The molecule has 0 unspecified atom stereocenters. The summed E-state index contributed by atoms with van der Waals surface area (Å²) in [6.45, 7) is 8.54. The molecular formula is C23H31N3O3S. The Hall–Kier alpha value is -2.15. The number of amides is 1. The Kier molecular flexibility index (Phi) is 5.75. The van der Waals surface area contributed by atoms with Gasteiger partial charge in [-0.15, -0.1) is 4.40 Å². The van der Waals surface area contributed by atoms with Crippen LogP contribution in [0.1, 0.15) is 55.7 Å². The number of hydrogen-bond donors (Lipinski definition) is 0. The Labute approximate surface area is 179 Å². The van der Waals surface area contributed by atoms with Crippen molar-refractivity contribution in [3.8, 4) is 0 Å². The summed E-state index contributed by atoms with van der Waals surface area (Å²) >= 11 is 0. The molecule has 4 rings (SSSR count). The molecule has 1 aromatic carbocycles. The van der Waals surface area contributed by atoms with E-state index < -0.39 is 10.0 Å². The maximum Gasteiger partial charge on any atom is 0.285 e. The summed E-state index contributed by atoms with van der Waals surface area (Å²) in [6.07, 6.45) is 5.13. The van der Waals surface area contributed by atoms with Crippen LogP contribution >= 0.6 is 0 Å². The molecule has 1 saturated carbocycles. The van der Waals surface area contributed by atoms with Crippen LogP contribution in [0.5, 0.6) is 0 Å². The Bertz CT molecular complexity index is 1020. The lowest BCUT2D eigenvalue weighted by atomic mass is 10.0. The van der Waals surface area contributed by atoms with E-state index in [4.69, 9.17) is 0 Å². The number of carbonyl (C=O) groups is 1. The summed E-state index contributed by atoms with van der Waals surface area (Å²) < 4.78 is 30.0. The van der Waals surface area contributed by atoms with Gasteiger partial charge in [0.15, 0.2) is 0 Å². The fraction of sp³-hybridized carbons (Fsp3) is 0.565. The van der Waals surface area contributed by atoms with Gasteiger partial charge in [-0.2, -0.15) is 8.42 Å². The minimum absolute atomic E-state index is 0.179. The van der Waals surface area contributed by atoms with Gasteiger partial charge < -0.3 is 9.80 Å². The van der Waals surface area contributed by atoms with Crippen LogP contribution < -0.4 is 0 Å². The maximum absolute atomic E-state index is 12.9. The summed E-state index contributed by atoms with van der Waals surface area (Å²) in [5.74, 6) is 0.996. The van der Waals surface area contributed by atoms with Gasteiger partial charge in [-0.25, -0.2) is 0 Å². The molecule has 1 aromatic rings. The van der Waals surface area contributed by atoms with E-state index in [9.17, 15) is 13.2 Å². The number of rotatable bonds is 2. The number of carbonyl (C=O) groups excluding carboxylic acids is 1. The molecular weight excluding hydrogens is 398 g/mol. The van der Waals surface area contributed by atoms with Crippen molar-refractivity contribution in [3.05, 3.63) is 40.5 Å². The molecule has 1 aliphatic carbocycles. The van der Waals surface area contributed by atoms with Crippen molar-refractivity contribution in [3.63, 3.8) is 0 Å². The second-order valence-corrected chi connectivity index (χ2v) is 10.3. The molecule has 162 valence electrons. The Morgan fingerprint density at radius 2 is 1.70 bits per heavy atom. The predicted molar refractivity (Wildman–Crippen MR) is 120 cm³/mol. The van der Waals surface area contributed by atoms with E-state index in [1.54, 1.807) is 0 Å². The van der Waals surface area contributed by atoms with Crippen LogP contribution in [-0.4, -0.2) is 56.1 Å². The van der Waals surface area contributed by atoms with Gasteiger partial charge in [0.2, 0.25) is 5.91 Å². The standard InChI is InChI=1S/C23H31N3O3S/c1-16-9-10-20(15-17(16)2)21-18(3)22(24-30(21,28)29)25-11-6-12-26(14-13-25)23(27)19-7-4-5-8-19/h9-10,15,19H,4-8,11-14H2,1-3H3. The fourth-order valence-electron chi connectivity index (χ4n) is 4.85. The lowest BCUT2D eigenvalue weighted by Crippen LogP contribution is -2.39. The first-order chi connectivity index (χ1) is 14.3. The van der Waals surface area contributed by atoms with Crippen molar-refractivity contribution in [1.29, 1.82) is 0 Å². The van der Waals surface area contributed by atoms with E-state index >= 15 is 0 Å². The normalized spacial score (nSPS) is 22.4. The average Bonchev–Trinajstić information content (AvgIpc) is 3.23. The second kappa shape index (κ2) is 8.17. The molecule has 0 N–H and O–H groups in total. The van der Waals surface area contributed by atoms with Crippen LogP contribution in [0.2, 0.25) is 0 Å². The van der Waals surface area contributed by atoms with E-state index in [1.165, 1.54) is 0 Å². The van der Waals surface area contributed by atoms with Crippen molar-refractivity contribution in [2.75, 3.05) is 26.2 Å². The molecule has 6 nitrogen and oxygen atoms in total. The zero-order valence-corrected chi connectivity index (χ0v) is 19.0. The molecule has 30 heavy (non-hydrogen) atoms. The summed E-state index contributed by atoms with van der Waals surface area (Å²) in [7, 11) is -3.73. The third-order valence-electron chi connectivity index (χ3n) is 6.72. The van der Waals surface area contributed by atoms with Gasteiger partial charge in [0.05, 0.1) is 0 Å². The third kappa shape index (κ3) is 3.92. The molecule has 1 amide bonds. The van der Waals surface area contributed by atoms with Crippen molar-refractivity contribution in [1.82, 2.24) is 9.80 Å². The molecule has 0 atom stereocenters. The highest BCUT2D eigenvalue weighted by atomic mass is 32.2. The SMILES string of the molecule is CC1=C(c2ccc(C)c(C)c2)S(=O)(=O)N=C1N1CCCN(C(=O)C2CCCC2)CC1. The Balaban J connectivity index is 1.55. The average molecular weight is 430 g/mol. The summed E-state index contributed by atoms with van der Waals surface area (Å²) in [5, 5.41) is 0. The number of amidine groups is 1. The molecule has 0 bridgehead atoms. The second-order valence-electron chi connectivity index (χ2n) is 8.79. The van der Waals surface area contributed by atoms with Crippen LogP contribution in [0.15, 0.2) is 28.2 Å². The van der Waals surface area contributed by atoms with E-state index in [0.29, 0.717) is 41.5 Å². The van der Waals surface area contributed by atoms with Crippen molar-refractivity contribution in [2.24, 2.45) is 10.3 Å². The molecule has 0 spiro atoms. The van der Waals surface area contributed by atoms with Crippen LogP contribution in [0.4, 0.5) is 0 Å². The van der Waals surface area contributed by atoms with Gasteiger partial charge in [0, 0.05) is 37.7 Å². The predicted octanol–water partition coefficient (Wildman–Crippen LogP) is 3.50. The van der Waals surface area contributed by atoms with Crippen LogP contribution in [0, 0.1) is 19.8 Å². The first-order valence-electron chi connectivity index (χ1n) is 11.0. The van der Waals surface area contributed by atoms with Gasteiger partial charge in [-0.05, 0) is 56.7 Å². The van der Waals surface area contributed by atoms with Crippen LogP contribution in [-0.2, 0) is 14.8 Å². The molecule has 2 aliphatic heterocycles. The zero-order valence-electron chi connectivity index (χ0n) is 18.1. The smallest absolute Gasteiger partial charge is 0.285 e. The van der Waals surface area contributed by atoms with Gasteiger partial charge in [0.25, 0.3) is 10.0 Å². The molecule has 2 heterocycles. The summed E-state index contributed by atoms with van der Waals surface area (Å²) in [5.41, 5.74) is 3.59. The van der Waals surface area contributed by atoms with Crippen LogP contribution in [0.3, 0.4) is 0 Å². The number of nitrogens with zero attached hydrogens (tertiary/aromatic N) is 3. The highest BCUT2D eigenvalue weighted by Gasteiger charge is 2.35. The van der Waals surface area contributed by atoms with Gasteiger partial charge in [0.1, 0.15) is 10.7 Å². The van der Waals surface area contributed by atoms with E-state index in [-0.39, 0.29) is 11.8 Å². The lowest BCUT2D eigenvalue weighted by molar-refractivity contribution is -0.135.